The van der Waals surface area contributed by atoms with Crippen molar-refractivity contribution in [3.05, 3.63) is 149 Å². The maximum Gasteiger partial charge on any atom is 0.189 e. The smallest absolute Gasteiger partial charge is 0.189 e. The van der Waals surface area contributed by atoms with E-state index in [9.17, 15) is 10.5 Å². The maximum atomic E-state index is 9.80. The Bertz CT molecular complexity index is 2650. The molecule has 5 heteroatoms. The summed E-state index contributed by atoms with van der Waals surface area (Å²) >= 11 is 0. The molecule has 0 fully saturated rings. The van der Waals surface area contributed by atoms with Crippen LogP contribution in [0.3, 0.4) is 0 Å². The van der Waals surface area contributed by atoms with Crippen LogP contribution in [0.5, 0.6) is 0 Å². The van der Waals surface area contributed by atoms with Crippen LogP contribution in [0.25, 0.3) is 71.0 Å². The molecule has 45 heavy (non-hydrogen) atoms. The third-order valence-corrected chi connectivity index (χ3v) is 8.76. The van der Waals surface area contributed by atoms with E-state index in [1.165, 1.54) is 0 Å². The molecule has 0 atom stereocenters. The van der Waals surface area contributed by atoms with Crippen LogP contribution in [0.2, 0.25) is 0 Å². The van der Waals surface area contributed by atoms with Gasteiger partial charge in [-0.05, 0) is 66.6 Å². The molecule has 0 aliphatic rings. The minimum absolute atomic E-state index is 0.569. The summed E-state index contributed by atoms with van der Waals surface area (Å²) in [6.45, 7) is 9.90. The molecule has 208 valence electrons. The quantitative estimate of drug-likeness (QED) is 0.197. The van der Waals surface area contributed by atoms with Crippen LogP contribution in [0.4, 0.5) is 5.69 Å². The first-order valence-corrected chi connectivity index (χ1v) is 14.6. The Hall–Kier alpha value is -6.61. The van der Waals surface area contributed by atoms with E-state index in [-0.39, 0.29) is 0 Å². The van der Waals surface area contributed by atoms with Crippen molar-refractivity contribution < 1.29 is 0 Å². The molecule has 6 aromatic carbocycles. The molecule has 8 aromatic rings. The van der Waals surface area contributed by atoms with Crippen molar-refractivity contribution >= 4 is 49.3 Å². The van der Waals surface area contributed by atoms with E-state index in [0.29, 0.717) is 16.8 Å². The summed E-state index contributed by atoms with van der Waals surface area (Å²) < 4.78 is 4.51. The van der Waals surface area contributed by atoms with E-state index in [4.69, 9.17) is 6.57 Å². The van der Waals surface area contributed by atoms with E-state index in [1.807, 2.05) is 84.9 Å². The van der Waals surface area contributed by atoms with E-state index in [2.05, 4.69) is 69.4 Å². The lowest BCUT2D eigenvalue weighted by Gasteiger charge is -2.21. The predicted octanol–water partition coefficient (Wildman–Crippen LogP) is 10.2. The molecule has 0 amide bonds. The van der Waals surface area contributed by atoms with Crippen LogP contribution in [-0.2, 0) is 0 Å². The molecule has 2 heterocycles. The number of rotatable bonds is 3. The van der Waals surface area contributed by atoms with Crippen molar-refractivity contribution in [2.24, 2.45) is 0 Å². The molecule has 0 aliphatic carbocycles. The SMILES string of the molecule is [C-]#[N+]c1ccc2c3ccccc3n(-c3c(-c4cccc(C#N)c4)ccc(-n4c5ccccc5c5ccc(C#N)cc54)c3C)c2c1. The number of hydrogen-bond acceptors (Lipinski definition) is 2. The number of fused-ring (bicyclic) bond motifs is 6. The summed E-state index contributed by atoms with van der Waals surface area (Å²) in [6.07, 6.45) is 0. The van der Waals surface area contributed by atoms with Crippen molar-refractivity contribution in [3.63, 3.8) is 0 Å². The van der Waals surface area contributed by atoms with Crippen LogP contribution < -0.4 is 0 Å². The second-order valence-corrected chi connectivity index (χ2v) is 11.2. The average Bonchev–Trinajstić information content (AvgIpc) is 3.60. The monoisotopic (exact) mass is 573 g/mol. The third kappa shape index (κ3) is 3.84. The Balaban J connectivity index is 1.56. The van der Waals surface area contributed by atoms with Gasteiger partial charge in [0.2, 0.25) is 0 Å². The Morgan fingerprint density at radius 3 is 1.91 bits per heavy atom. The van der Waals surface area contributed by atoms with E-state index in [0.717, 1.165) is 71.7 Å². The summed E-state index contributed by atoms with van der Waals surface area (Å²) in [5.74, 6) is 0. The summed E-state index contributed by atoms with van der Waals surface area (Å²) in [4.78, 5) is 3.76. The molecule has 0 N–H and O–H groups in total. The second-order valence-electron chi connectivity index (χ2n) is 11.2. The summed E-state index contributed by atoms with van der Waals surface area (Å²) in [6, 6.07) is 45.0. The third-order valence-electron chi connectivity index (χ3n) is 8.76. The van der Waals surface area contributed by atoms with Crippen molar-refractivity contribution in [3.8, 4) is 34.6 Å². The number of hydrogen-bond donors (Lipinski definition) is 0. The number of aromatic nitrogens is 2. The van der Waals surface area contributed by atoms with Crippen LogP contribution in [0, 0.1) is 36.2 Å². The minimum atomic E-state index is 0.569. The normalized spacial score (nSPS) is 11.2. The van der Waals surface area contributed by atoms with Gasteiger partial charge in [0.25, 0.3) is 0 Å². The van der Waals surface area contributed by atoms with Gasteiger partial charge in [0.1, 0.15) is 0 Å². The fourth-order valence-corrected chi connectivity index (χ4v) is 6.78. The van der Waals surface area contributed by atoms with Crippen molar-refractivity contribution in [1.29, 1.82) is 10.5 Å². The minimum Gasteiger partial charge on any atom is -0.310 e. The highest BCUT2D eigenvalue weighted by Gasteiger charge is 2.22. The van der Waals surface area contributed by atoms with E-state index >= 15 is 0 Å². The molecular formula is C40H23N5. The van der Waals surface area contributed by atoms with Gasteiger partial charge in [-0.15, -0.1) is 0 Å². The van der Waals surface area contributed by atoms with E-state index < -0.39 is 0 Å². The maximum absolute atomic E-state index is 9.80. The summed E-state index contributed by atoms with van der Waals surface area (Å²) in [5.41, 5.74) is 10.6. The van der Waals surface area contributed by atoms with E-state index in [1.54, 1.807) is 0 Å². The van der Waals surface area contributed by atoms with Gasteiger partial charge in [-0.3, -0.25) is 0 Å². The first-order chi connectivity index (χ1) is 22.1. The van der Waals surface area contributed by atoms with Gasteiger partial charge in [-0.25, -0.2) is 4.85 Å². The standard InChI is InChI=1S/C40H23N5/c1-25-35(44-36-12-5-3-10-31(36)33-16-14-27(24-42)21-38(33)44)19-18-30(28-9-7-8-26(20-28)23-41)40(25)45-37-13-6-4-11-32(37)34-17-15-29(43-2)22-39(34)45/h3-22H,1H3. The lowest BCUT2D eigenvalue weighted by Crippen LogP contribution is -2.05. The molecule has 0 bridgehead atoms. The summed E-state index contributed by atoms with van der Waals surface area (Å²) in [7, 11) is 0. The van der Waals surface area contributed by atoms with Gasteiger partial charge in [0.15, 0.2) is 5.69 Å². The van der Waals surface area contributed by atoms with Crippen LogP contribution in [-0.4, -0.2) is 9.13 Å². The van der Waals surface area contributed by atoms with Gasteiger partial charge >= 0.3 is 0 Å². The number of nitrogens with zero attached hydrogens (tertiary/aromatic N) is 5. The largest absolute Gasteiger partial charge is 0.310 e. The summed E-state index contributed by atoms with van der Waals surface area (Å²) in [5, 5.41) is 23.9. The molecule has 0 spiro atoms. The molecular weight excluding hydrogens is 550 g/mol. The van der Waals surface area contributed by atoms with Crippen LogP contribution in [0.15, 0.2) is 121 Å². The molecule has 2 aromatic heterocycles. The Morgan fingerprint density at radius 1 is 0.578 bits per heavy atom. The lowest BCUT2D eigenvalue weighted by atomic mass is 9.97. The van der Waals surface area contributed by atoms with Crippen LogP contribution >= 0.6 is 0 Å². The van der Waals surface area contributed by atoms with Crippen LogP contribution in [0.1, 0.15) is 16.7 Å². The highest BCUT2D eigenvalue weighted by molar-refractivity contribution is 6.12. The highest BCUT2D eigenvalue weighted by Crippen LogP contribution is 2.42. The molecule has 0 unspecified atom stereocenters. The molecule has 0 saturated carbocycles. The first-order valence-electron chi connectivity index (χ1n) is 14.6. The van der Waals surface area contributed by atoms with Gasteiger partial charge < -0.3 is 9.13 Å². The predicted molar refractivity (Wildman–Crippen MR) is 181 cm³/mol. The Labute approximate surface area is 259 Å². The van der Waals surface area contributed by atoms with Crippen molar-refractivity contribution in [2.75, 3.05) is 0 Å². The zero-order chi connectivity index (χ0) is 30.7. The van der Waals surface area contributed by atoms with Gasteiger partial charge in [-0.1, -0.05) is 72.8 Å². The number of benzene rings is 6. The molecule has 5 nitrogen and oxygen atoms in total. The Morgan fingerprint density at radius 2 is 1.20 bits per heavy atom. The second kappa shape index (κ2) is 9.99. The van der Waals surface area contributed by atoms with Crippen molar-refractivity contribution in [2.45, 2.75) is 6.92 Å². The molecule has 0 aliphatic heterocycles. The van der Waals surface area contributed by atoms with Gasteiger partial charge in [0.05, 0.1) is 57.8 Å². The fourth-order valence-electron chi connectivity index (χ4n) is 6.78. The molecule has 8 rings (SSSR count). The molecule has 0 saturated heterocycles. The number of nitriles is 2. The van der Waals surface area contributed by atoms with Gasteiger partial charge in [-0.2, -0.15) is 10.5 Å². The Kier molecular flexibility index (Phi) is 5.78. The number of para-hydroxylation sites is 2. The first kappa shape index (κ1) is 26.1. The zero-order valence-corrected chi connectivity index (χ0v) is 24.3. The fraction of sp³-hybridized carbons (Fsp3) is 0.0250. The van der Waals surface area contributed by atoms with Gasteiger partial charge in [0, 0.05) is 32.6 Å². The molecule has 0 radical (unpaired) electrons. The van der Waals surface area contributed by atoms with Crippen molar-refractivity contribution in [1.82, 2.24) is 9.13 Å². The zero-order valence-electron chi connectivity index (χ0n) is 24.3. The highest BCUT2D eigenvalue weighted by atomic mass is 15.0. The average molecular weight is 574 g/mol. The lowest BCUT2D eigenvalue weighted by molar-refractivity contribution is 1.10. The topological polar surface area (TPSA) is 61.8 Å².